The monoisotopic (exact) mass is 419 g/mol. The summed E-state index contributed by atoms with van der Waals surface area (Å²) in [6.07, 6.45) is 0. The third kappa shape index (κ3) is 5.42. The first-order chi connectivity index (χ1) is 14.5. The number of anilines is 2. The van der Waals surface area contributed by atoms with Gasteiger partial charge >= 0.3 is 0 Å². The first-order valence-corrected chi connectivity index (χ1v) is 9.60. The Morgan fingerprint density at radius 2 is 1.53 bits per heavy atom. The molecule has 3 aromatic rings. The number of ether oxygens (including phenoxy) is 1. The van der Waals surface area contributed by atoms with E-state index in [1.54, 1.807) is 48.5 Å². The summed E-state index contributed by atoms with van der Waals surface area (Å²) in [7, 11) is 1.50. The van der Waals surface area contributed by atoms with Crippen molar-refractivity contribution in [2.45, 2.75) is 6.92 Å². The lowest BCUT2D eigenvalue weighted by molar-refractivity contribution is 0.0973. The fourth-order valence-electron chi connectivity index (χ4n) is 2.83. The van der Waals surface area contributed by atoms with Crippen LogP contribution in [0.3, 0.4) is 0 Å². The van der Waals surface area contributed by atoms with Crippen LogP contribution in [0, 0.1) is 6.92 Å². The van der Waals surface area contributed by atoms with E-state index < -0.39 is 5.91 Å². The van der Waals surface area contributed by atoms with Gasteiger partial charge in [-0.15, -0.1) is 0 Å². The molecule has 3 aromatic carbocycles. The molecule has 0 atom stereocenters. The zero-order chi connectivity index (χ0) is 21.5. The number of methoxy groups -OCH3 is 1. The molecule has 0 heterocycles. The summed E-state index contributed by atoms with van der Waals surface area (Å²) in [4.78, 5) is 25.0. The molecule has 0 saturated heterocycles. The topological polar surface area (TPSA) is 79.5 Å². The lowest BCUT2D eigenvalue weighted by Gasteiger charge is -2.12. The molecule has 3 N–H and O–H groups in total. The van der Waals surface area contributed by atoms with E-state index in [4.69, 9.17) is 17.0 Å². The van der Waals surface area contributed by atoms with E-state index in [1.807, 2.05) is 31.2 Å². The summed E-state index contributed by atoms with van der Waals surface area (Å²) in [5.74, 6) is -0.181. The molecule has 0 radical (unpaired) electrons. The van der Waals surface area contributed by atoms with Gasteiger partial charge in [0.1, 0.15) is 5.75 Å². The zero-order valence-corrected chi connectivity index (χ0v) is 17.4. The molecule has 30 heavy (non-hydrogen) atoms. The van der Waals surface area contributed by atoms with Crippen molar-refractivity contribution in [2.24, 2.45) is 0 Å². The van der Waals surface area contributed by atoms with Gasteiger partial charge in [0.05, 0.1) is 12.7 Å². The van der Waals surface area contributed by atoms with E-state index in [0.717, 1.165) is 11.3 Å². The van der Waals surface area contributed by atoms with Gasteiger partial charge in [0.2, 0.25) is 0 Å². The number of rotatable bonds is 5. The van der Waals surface area contributed by atoms with Crippen molar-refractivity contribution in [1.29, 1.82) is 0 Å². The minimum Gasteiger partial charge on any atom is -0.496 e. The number of carbonyl (C=O) groups excluding carboxylic acids is 2. The molecule has 152 valence electrons. The van der Waals surface area contributed by atoms with Crippen LogP contribution in [0.5, 0.6) is 5.75 Å². The smallest absolute Gasteiger partial charge is 0.261 e. The summed E-state index contributed by atoms with van der Waals surface area (Å²) in [5.41, 5.74) is 3.19. The molecule has 0 fully saturated rings. The second kappa shape index (κ2) is 9.67. The summed E-state index contributed by atoms with van der Waals surface area (Å²) in [6, 6.07) is 21.3. The van der Waals surface area contributed by atoms with E-state index in [9.17, 15) is 9.59 Å². The highest BCUT2D eigenvalue weighted by atomic mass is 32.1. The fourth-order valence-corrected chi connectivity index (χ4v) is 3.04. The molecule has 0 aliphatic heterocycles. The SMILES string of the molecule is COc1ccccc1C(=O)NC(=S)Nc1cccc(C(=O)Nc2cccc(C)c2)c1. The number of para-hydroxylation sites is 1. The summed E-state index contributed by atoms with van der Waals surface area (Å²) in [6.45, 7) is 1.96. The number of carbonyl (C=O) groups is 2. The highest BCUT2D eigenvalue weighted by Crippen LogP contribution is 2.17. The average Bonchev–Trinajstić information content (AvgIpc) is 2.73. The second-order valence-corrected chi connectivity index (χ2v) is 6.92. The van der Waals surface area contributed by atoms with Crippen LogP contribution in [0.25, 0.3) is 0 Å². The second-order valence-electron chi connectivity index (χ2n) is 6.51. The number of hydrogen-bond acceptors (Lipinski definition) is 4. The Kier molecular flexibility index (Phi) is 6.77. The summed E-state index contributed by atoms with van der Waals surface area (Å²) >= 11 is 5.24. The largest absolute Gasteiger partial charge is 0.496 e. The van der Waals surface area contributed by atoms with Crippen molar-refractivity contribution >= 4 is 40.5 Å². The van der Waals surface area contributed by atoms with Gasteiger partial charge in [0.25, 0.3) is 11.8 Å². The highest BCUT2D eigenvalue weighted by molar-refractivity contribution is 7.80. The van der Waals surface area contributed by atoms with Crippen LogP contribution in [-0.4, -0.2) is 24.0 Å². The Morgan fingerprint density at radius 3 is 2.27 bits per heavy atom. The maximum atomic E-state index is 12.5. The van der Waals surface area contributed by atoms with Gasteiger partial charge in [-0.25, -0.2) is 0 Å². The van der Waals surface area contributed by atoms with E-state index in [1.165, 1.54) is 7.11 Å². The third-order valence-corrected chi connectivity index (χ3v) is 4.44. The van der Waals surface area contributed by atoms with Crippen LogP contribution < -0.4 is 20.7 Å². The lowest BCUT2D eigenvalue weighted by Crippen LogP contribution is -2.34. The van der Waals surface area contributed by atoms with Gasteiger partial charge in [0.15, 0.2) is 5.11 Å². The van der Waals surface area contributed by atoms with Crippen LogP contribution in [0.2, 0.25) is 0 Å². The molecule has 2 amide bonds. The molecule has 0 spiro atoms. The number of nitrogens with one attached hydrogen (secondary N) is 3. The highest BCUT2D eigenvalue weighted by Gasteiger charge is 2.13. The maximum absolute atomic E-state index is 12.5. The fraction of sp³-hybridized carbons (Fsp3) is 0.0870. The Balaban J connectivity index is 1.65. The Hall–Kier alpha value is -3.71. The van der Waals surface area contributed by atoms with Crippen LogP contribution in [0.15, 0.2) is 72.8 Å². The van der Waals surface area contributed by atoms with Gasteiger partial charge in [-0.2, -0.15) is 0 Å². The van der Waals surface area contributed by atoms with Crippen LogP contribution in [0.1, 0.15) is 26.3 Å². The first kappa shape index (κ1) is 21.0. The Labute approximate surface area is 180 Å². The average molecular weight is 420 g/mol. The minimum absolute atomic E-state index is 0.113. The van der Waals surface area contributed by atoms with E-state index in [2.05, 4.69) is 16.0 Å². The number of benzene rings is 3. The quantitative estimate of drug-likeness (QED) is 0.535. The van der Waals surface area contributed by atoms with Crippen molar-refractivity contribution in [1.82, 2.24) is 5.32 Å². The molecular weight excluding hydrogens is 398 g/mol. The normalized spacial score (nSPS) is 10.1. The van der Waals surface area contributed by atoms with Crippen molar-refractivity contribution in [3.8, 4) is 5.75 Å². The van der Waals surface area contributed by atoms with Crippen molar-refractivity contribution < 1.29 is 14.3 Å². The molecule has 0 bridgehead atoms. The predicted octanol–water partition coefficient (Wildman–Crippen LogP) is 4.38. The number of hydrogen-bond donors (Lipinski definition) is 3. The lowest BCUT2D eigenvalue weighted by atomic mass is 10.1. The predicted molar refractivity (Wildman–Crippen MR) is 122 cm³/mol. The number of aryl methyl sites for hydroxylation is 1. The number of thiocarbonyl (C=S) groups is 1. The van der Waals surface area contributed by atoms with Gasteiger partial charge in [-0.3, -0.25) is 14.9 Å². The molecule has 0 aromatic heterocycles. The number of amides is 2. The molecular formula is C23H21N3O3S. The first-order valence-electron chi connectivity index (χ1n) is 9.19. The van der Waals surface area contributed by atoms with Crippen molar-refractivity contribution in [3.63, 3.8) is 0 Å². The van der Waals surface area contributed by atoms with Gasteiger partial charge in [-0.05, 0) is 67.2 Å². The van der Waals surface area contributed by atoms with Crippen LogP contribution in [-0.2, 0) is 0 Å². The molecule has 0 unspecified atom stereocenters. The van der Waals surface area contributed by atoms with Crippen LogP contribution >= 0.6 is 12.2 Å². The Bertz CT molecular complexity index is 1100. The third-order valence-electron chi connectivity index (χ3n) is 4.24. The maximum Gasteiger partial charge on any atom is 0.261 e. The van der Waals surface area contributed by atoms with E-state index in [0.29, 0.717) is 22.6 Å². The van der Waals surface area contributed by atoms with Gasteiger partial charge < -0.3 is 15.4 Å². The molecule has 6 nitrogen and oxygen atoms in total. The zero-order valence-electron chi connectivity index (χ0n) is 16.6. The molecule has 0 aliphatic rings. The molecule has 7 heteroatoms. The molecule has 0 saturated carbocycles. The van der Waals surface area contributed by atoms with E-state index >= 15 is 0 Å². The van der Waals surface area contributed by atoms with Crippen molar-refractivity contribution in [2.75, 3.05) is 17.7 Å². The summed E-state index contributed by atoms with van der Waals surface area (Å²) < 4.78 is 5.20. The molecule has 3 rings (SSSR count). The van der Waals surface area contributed by atoms with Crippen LogP contribution in [0.4, 0.5) is 11.4 Å². The molecule has 0 aliphatic carbocycles. The Morgan fingerprint density at radius 1 is 0.833 bits per heavy atom. The summed E-state index contributed by atoms with van der Waals surface area (Å²) in [5, 5.41) is 8.52. The standard InChI is InChI=1S/C23H21N3O3S/c1-15-7-5-9-17(13-15)24-21(27)16-8-6-10-18(14-16)25-23(30)26-22(28)19-11-3-4-12-20(19)29-2/h3-14H,1-2H3,(H,24,27)(H2,25,26,28,30). The van der Waals surface area contributed by atoms with Gasteiger partial charge in [-0.1, -0.05) is 30.3 Å². The minimum atomic E-state index is -0.390. The van der Waals surface area contributed by atoms with Crippen molar-refractivity contribution in [3.05, 3.63) is 89.5 Å². The van der Waals surface area contributed by atoms with E-state index in [-0.39, 0.29) is 11.0 Å². The van der Waals surface area contributed by atoms with Gasteiger partial charge in [0, 0.05) is 16.9 Å².